The maximum atomic E-state index is 10.7. The maximum absolute atomic E-state index is 10.7. The minimum atomic E-state index is -6.09. The molecule has 2 aromatic rings. The third kappa shape index (κ3) is 38.6. The summed E-state index contributed by atoms with van der Waals surface area (Å²) in [4.78, 5) is 19.5. The number of rotatable bonds is 3. The molecule has 50 heavy (non-hydrogen) atoms. The fourth-order valence-corrected chi connectivity index (χ4v) is 1.90. The first-order chi connectivity index (χ1) is 20.9. The van der Waals surface area contributed by atoms with Crippen LogP contribution in [0.25, 0.3) is 0 Å². The van der Waals surface area contributed by atoms with E-state index in [-0.39, 0.29) is 53.8 Å². The van der Waals surface area contributed by atoms with Crippen molar-refractivity contribution in [1.29, 1.82) is 0 Å². The van der Waals surface area contributed by atoms with E-state index in [9.17, 15) is 42.0 Å². The van der Waals surface area contributed by atoms with Gasteiger partial charge in [0.05, 0.1) is 8.78 Å². The number of hydrogen-bond donors (Lipinski definition) is 0. The van der Waals surface area contributed by atoms with Gasteiger partial charge in [-0.2, -0.15) is 21.6 Å². The second-order valence-corrected chi connectivity index (χ2v) is 12.3. The average Bonchev–Trinajstić information content (AvgIpc) is 2.89. The number of carbonyl (C=O) groups excluding carboxylic acids is 2. The van der Waals surface area contributed by atoms with Gasteiger partial charge in [-0.1, -0.05) is 87.4 Å². The number of aryl methyl sites for hydroxylation is 2. The quantitative estimate of drug-likeness (QED) is 0.110. The van der Waals surface area contributed by atoms with Gasteiger partial charge in [0, 0.05) is 13.8 Å². The zero-order chi connectivity index (χ0) is 38.5. The van der Waals surface area contributed by atoms with Crippen molar-refractivity contribution in [3.63, 3.8) is 0 Å². The van der Waals surface area contributed by atoms with E-state index < -0.39 is 43.3 Å². The van der Waals surface area contributed by atoms with Crippen molar-refractivity contribution in [2.24, 2.45) is 0 Å². The van der Waals surface area contributed by atoms with Crippen molar-refractivity contribution in [3.8, 4) is 0 Å². The molecule has 292 valence electrons. The third-order valence-corrected chi connectivity index (χ3v) is 5.79. The molecule has 2 aromatic carbocycles. The Morgan fingerprint density at radius 1 is 0.680 bits per heavy atom. The van der Waals surface area contributed by atoms with Crippen LogP contribution in [0.3, 0.4) is 0 Å². The van der Waals surface area contributed by atoms with Crippen LogP contribution in [0.4, 0.5) is 22.0 Å². The van der Waals surface area contributed by atoms with E-state index in [0.29, 0.717) is 11.8 Å². The Hall–Kier alpha value is -2.18. The molecule has 0 saturated heterocycles. The summed E-state index contributed by atoms with van der Waals surface area (Å²) >= 11 is 0. The number of benzene rings is 2. The number of hydroxylamine groups is 4. The molecule has 12 nitrogen and oxygen atoms in total. The Labute approximate surface area is 315 Å². The molecule has 0 unspecified atom stereocenters. The summed E-state index contributed by atoms with van der Waals surface area (Å²) in [6.07, 6.45) is 0. The van der Waals surface area contributed by atoms with Gasteiger partial charge in [-0.25, -0.2) is 8.42 Å². The Balaban J connectivity index is -0.0000000889. The molecule has 2 amide bonds. The number of nitrogens with zero attached hydrogens (tertiary/aromatic N) is 2. The van der Waals surface area contributed by atoms with E-state index in [4.69, 9.17) is 25.9 Å². The molecule has 0 saturated carbocycles. The van der Waals surface area contributed by atoms with Crippen LogP contribution in [0.2, 0.25) is 0 Å². The van der Waals surface area contributed by atoms with Gasteiger partial charge >= 0.3 is 60.3 Å². The fraction of sp³-hybridized carbons (Fsp3) is 0.464. The van der Waals surface area contributed by atoms with Crippen molar-refractivity contribution in [1.82, 2.24) is 10.1 Å². The van der Waals surface area contributed by atoms with E-state index in [0.717, 1.165) is 0 Å². The molecule has 0 aliphatic carbocycles. The number of alkyl halides is 3. The minimum Gasteiger partial charge on any atom is -1.00 e. The molecule has 0 aliphatic rings. The predicted molar refractivity (Wildman–Crippen MR) is 165 cm³/mol. The molecular formula is C28H40F6N2O10Ru2S2. The zero-order valence-corrected chi connectivity index (χ0v) is 33.7. The second-order valence-electron chi connectivity index (χ2n) is 9.74. The van der Waals surface area contributed by atoms with Crippen LogP contribution in [0.15, 0.2) is 48.5 Å². The van der Waals surface area contributed by atoms with Crippen LogP contribution in [0, 0.1) is 30.0 Å². The molecule has 0 spiro atoms. The van der Waals surface area contributed by atoms with Crippen LogP contribution >= 0.6 is 0 Å². The molecule has 0 heterocycles. The molecule has 22 heteroatoms. The summed E-state index contributed by atoms with van der Waals surface area (Å²) in [7, 11) is -9.16. The summed E-state index contributed by atoms with van der Waals surface area (Å²) in [6.45, 7) is 15.5. The Kier molecular flexibility index (Phi) is 38.3. The predicted octanol–water partition coefficient (Wildman–Crippen LogP) is 3.13. The van der Waals surface area contributed by atoms with Crippen molar-refractivity contribution in [2.45, 2.75) is 72.7 Å². The van der Waals surface area contributed by atoms with E-state index in [2.05, 4.69) is 90.1 Å². The van der Waals surface area contributed by atoms with Crippen LogP contribution in [-0.2, 0) is 68.8 Å². The topological polar surface area (TPSA) is 201 Å². The molecule has 0 bridgehead atoms. The van der Waals surface area contributed by atoms with Crippen LogP contribution < -0.4 is 4.70 Å². The van der Waals surface area contributed by atoms with Crippen LogP contribution in [-0.4, -0.2) is 67.5 Å². The van der Waals surface area contributed by atoms with Gasteiger partial charge in [0.1, 0.15) is 0 Å². The summed E-state index contributed by atoms with van der Waals surface area (Å²) in [6, 6.07) is 17.4. The fourth-order valence-electron chi connectivity index (χ4n) is 1.90. The van der Waals surface area contributed by atoms with Gasteiger partial charge in [-0.3, -0.25) is 9.59 Å². The van der Waals surface area contributed by atoms with E-state index in [1.54, 1.807) is 0 Å². The molecule has 2 rings (SSSR count). The van der Waals surface area contributed by atoms with Gasteiger partial charge < -0.3 is 34.4 Å². The first-order valence-corrected chi connectivity index (χ1v) is 15.8. The van der Waals surface area contributed by atoms with Gasteiger partial charge in [0.25, 0.3) is 0 Å². The van der Waals surface area contributed by atoms with E-state index in [1.807, 2.05) is 0 Å². The van der Waals surface area contributed by atoms with Crippen molar-refractivity contribution in [2.75, 3.05) is 14.1 Å². The van der Waals surface area contributed by atoms with Gasteiger partial charge in [-0.05, 0) is 50.9 Å². The van der Waals surface area contributed by atoms with Gasteiger partial charge in [0.15, 0.2) is 10.1 Å². The van der Waals surface area contributed by atoms with Crippen LogP contribution in [0.1, 0.15) is 75.6 Å². The summed E-state index contributed by atoms with van der Waals surface area (Å²) in [5, 5.41) is 20.0. The molecule has 0 atom stereocenters. The van der Waals surface area contributed by atoms with E-state index >= 15 is 0 Å². The first-order valence-electron chi connectivity index (χ1n) is 13.0. The van der Waals surface area contributed by atoms with Crippen molar-refractivity contribution in [3.05, 3.63) is 87.0 Å². The first kappa shape index (κ1) is 62.9. The summed E-state index contributed by atoms with van der Waals surface area (Å²) < 4.78 is 107. The largest absolute Gasteiger partial charge is 2.00 e. The smallest absolute Gasteiger partial charge is 1.00 e. The summed E-state index contributed by atoms with van der Waals surface area (Å²) in [5.74, 6) is -2.71. The monoisotopic (exact) mass is 946 g/mol. The average molecular weight is 945 g/mol. The normalized spacial score (nSPS) is 9.86. The molecule has 0 radical (unpaired) electrons. The number of carbonyl (C=O) groups is 2. The molecule has 0 fully saturated rings. The maximum Gasteiger partial charge on any atom is 2.00 e. The number of halogens is 6. The molecular weight excluding hydrogens is 905 g/mol. The van der Waals surface area contributed by atoms with Crippen molar-refractivity contribution >= 4 is 32.1 Å². The Morgan fingerprint density at radius 2 is 0.840 bits per heavy atom. The molecule has 0 aromatic heterocycles. The van der Waals surface area contributed by atoms with Gasteiger partial charge in [0.2, 0.25) is 11.8 Å². The second kappa shape index (κ2) is 30.4. The number of amides is 2. The number of hydrogen-bond acceptors (Lipinski definition) is 10. The molecule has 0 N–H and O–H groups in total. The standard InChI is InChI=1S/2C10H14.2C3H6NO2.CHF3O3S.CF2O3S.FH.2Ru/c2*1-8(2)10-6-4-9(3)5-7-10;2*1-3(5)4(2)6;2-1(3,4)8(5,6)7;2-1(3)7(4,5)6;;;/h2*4-8H,1-3H3;2*1-2H3;(H,5,6,7);;1H;;/q;;2*-1;;;;2*+2/p-2. The van der Waals surface area contributed by atoms with Crippen molar-refractivity contribution < 1.29 is 101 Å². The SMILES string of the molecule is CC(=O)N(C)[O-].CC(=O)N(C)[O-].Cc1ccc(C(C)C)cc1.Cc1ccc(C(C)C)cc1.O=S(=O)([O-])C(F)(F)F.O=S(=O)([O-])[C+](F)F.[F-].[Ru+2].[Ru+2]. The summed E-state index contributed by atoms with van der Waals surface area (Å²) in [5.41, 5.74) is -0.127. The Morgan fingerprint density at radius 3 is 0.920 bits per heavy atom. The third-order valence-electron chi connectivity index (χ3n) is 4.85. The van der Waals surface area contributed by atoms with Crippen LogP contribution in [0.5, 0.6) is 0 Å². The minimum absolute atomic E-state index is 0. The Bertz CT molecular complexity index is 1310. The molecule has 0 aliphatic heterocycles. The zero-order valence-electron chi connectivity index (χ0n) is 28.5. The van der Waals surface area contributed by atoms with E-state index in [1.165, 1.54) is 50.2 Å². The van der Waals surface area contributed by atoms with Gasteiger partial charge in [-0.15, -0.1) is 0 Å².